The van der Waals surface area contributed by atoms with Crippen molar-refractivity contribution in [2.24, 2.45) is 0 Å². The molecule has 1 atom stereocenters. The Balaban J connectivity index is 1.51. The molecule has 1 N–H and O–H groups in total. The van der Waals surface area contributed by atoms with Crippen molar-refractivity contribution in [1.82, 2.24) is 4.98 Å². The van der Waals surface area contributed by atoms with E-state index in [9.17, 15) is 4.79 Å². The van der Waals surface area contributed by atoms with Crippen LogP contribution < -0.4 is 14.5 Å². The van der Waals surface area contributed by atoms with Gasteiger partial charge < -0.3 is 0 Å². The van der Waals surface area contributed by atoms with Gasteiger partial charge in [0, 0.05) is 0 Å². The summed E-state index contributed by atoms with van der Waals surface area (Å²) >= 11 is 0.271. The first kappa shape index (κ1) is 18.5. The van der Waals surface area contributed by atoms with Crippen LogP contribution in [-0.4, -0.2) is 31.9 Å². The van der Waals surface area contributed by atoms with Gasteiger partial charge in [0.05, 0.1) is 0 Å². The van der Waals surface area contributed by atoms with Crippen LogP contribution in [-0.2, 0) is 6.42 Å². The second-order valence-electron chi connectivity index (χ2n) is 7.77. The third-order valence-corrected chi connectivity index (χ3v) is 8.45. The summed E-state index contributed by atoms with van der Waals surface area (Å²) in [5, 5.41) is 3.52. The predicted octanol–water partition coefficient (Wildman–Crippen LogP) is 3.41. The molecule has 2 aliphatic rings. The number of carbonyl (C=O) groups excluding carboxylic acids is 1. The van der Waals surface area contributed by atoms with Gasteiger partial charge in [0.15, 0.2) is 0 Å². The SMILES string of the molecule is O=C1C(Cc2ccccc2)Nc2c([Se]C3CCCC3)nc(-c3ccccc3)c[n+]21. The molecule has 1 saturated carbocycles. The van der Waals surface area contributed by atoms with Gasteiger partial charge >= 0.3 is 178 Å². The van der Waals surface area contributed by atoms with Crippen LogP contribution in [0.1, 0.15) is 36.0 Å². The van der Waals surface area contributed by atoms with E-state index in [1.165, 1.54) is 31.2 Å². The van der Waals surface area contributed by atoms with Crippen LogP contribution in [0.3, 0.4) is 0 Å². The second kappa shape index (κ2) is 8.09. The van der Waals surface area contributed by atoms with Gasteiger partial charge in [-0.05, 0) is 0 Å². The molecule has 2 heterocycles. The number of rotatable bonds is 5. The van der Waals surface area contributed by atoms with Crippen molar-refractivity contribution in [1.29, 1.82) is 0 Å². The number of fused-ring (bicyclic) bond motifs is 1. The Hall–Kier alpha value is -2.49. The van der Waals surface area contributed by atoms with Crippen LogP contribution in [0.25, 0.3) is 11.3 Å². The molecule has 3 aromatic rings. The summed E-state index contributed by atoms with van der Waals surface area (Å²) < 4.78 is 2.92. The fourth-order valence-electron chi connectivity index (χ4n) is 4.16. The molecule has 4 nitrogen and oxygen atoms in total. The zero-order valence-electron chi connectivity index (χ0n) is 16.3. The number of benzene rings is 2. The molecule has 1 unspecified atom stereocenters. The van der Waals surface area contributed by atoms with Gasteiger partial charge in [-0.3, -0.25) is 0 Å². The topological polar surface area (TPSA) is 45.9 Å². The van der Waals surface area contributed by atoms with Gasteiger partial charge in [-0.2, -0.15) is 0 Å². The first-order valence-electron chi connectivity index (χ1n) is 10.3. The van der Waals surface area contributed by atoms with E-state index in [4.69, 9.17) is 4.98 Å². The molecule has 0 bridgehead atoms. The molecular weight excluding hydrogens is 425 g/mol. The monoisotopic (exact) mass is 450 g/mol. The number of anilines is 1. The Morgan fingerprint density at radius 3 is 2.41 bits per heavy atom. The van der Waals surface area contributed by atoms with Crippen LogP contribution in [0.15, 0.2) is 66.9 Å². The van der Waals surface area contributed by atoms with E-state index in [0.29, 0.717) is 6.42 Å². The van der Waals surface area contributed by atoms with E-state index in [1.54, 1.807) is 0 Å². The van der Waals surface area contributed by atoms with E-state index in [2.05, 4.69) is 29.6 Å². The summed E-state index contributed by atoms with van der Waals surface area (Å²) in [5.74, 6) is 1.04. The molecule has 1 aromatic heterocycles. The molecule has 1 fully saturated rings. The number of nitrogens with zero attached hydrogens (tertiary/aromatic N) is 2. The van der Waals surface area contributed by atoms with Gasteiger partial charge in [0.25, 0.3) is 0 Å². The zero-order valence-corrected chi connectivity index (χ0v) is 18.0. The summed E-state index contributed by atoms with van der Waals surface area (Å²) in [4.78, 5) is 19.0. The quantitative estimate of drug-likeness (QED) is 0.480. The van der Waals surface area contributed by atoms with Crippen molar-refractivity contribution >= 4 is 31.3 Å². The first-order chi connectivity index (χ1) is 14.3. The van der Waals surface area contributed by atoms with Crippen molar-refractivity contribution < 1.29 is 9.36 Å². The van der Waals surface area contributed by atoms with Crippen molar-refractivity contribution in [2.45, 2.75) is 43.0 Å². The van der Waals surface area contributed by atoms with Crippen LogP contribution >= 0.6 is 0 Å². The standard InChI is InChI=1S/C24H23N3OSe/c28-24-20(15-17-9-3-1-4-10-17)25-22-23(29-19-13-7-8-14-19)26-21(16-27(22)24)18-11-5-2-6-12-18/h1-6,9-12,16,19-20H,7-8,13-15H2/p+1. The molecule has 1 aliphatic carbocycles. The molecule has 0 radical (unpaired) electrons. The number of hydrogen-bond donors (Lipinski definition) is 1. The fraction of sp³-hybridized carbons (Fsp3) is 0.292. The van der Waals surface area contributed by atoms with Gasteiger partial charge in [-0.1, -0.05) is 0 Å². The van der Waals surface area contributed by atoms with Gasteiger partial charge in [-0.15, -0.1) is 0 Å². The summed E-state index contributed by atoms with van der Waals surface area (Å²) in [6.07, 6.45) is 7.83. The summed E-state index contributed by atoms with van der Waals surface area (Å²) in [7, 11) is 0. The Morgan fingerprint density at radius 1 is 1.00 bits per heavy atom. The summed E-state index contributed by atoms with van der Waals surface area (Å²) in [6.45, 7) is 0. The van der Waals surface area contributed by atoms with Crippen LogP contribution in [0.4, 0.5) is 5.82 Å². The fourth-order valence-corrected chi connectivity index (χ4v) is 6.90. The molecule has 5 rings (SSSR count). The second-order valence-corrected chi connectivity index (χ2v) is 10.5. The number of aromatic nitrogens is 2. The van der Waals surface area contributed by atoms with E-state index < -0.39 is 0 Å². The molecule has 0 spiro atoms. The van der Waals surface area contributed by atoms with Crippen LogP contribution in [0.5, 0.6) is 0 Å². The molecule has 2 aromatic carbocycles. The first-order valence-corrected chi connectivity index (χ1v) is 12.2. The Bertz CT molecular complexity index is 1020. The molecule has 146 valence electrons. The maximum absolute atomic E-state index is 13.3. The third kappa shape index (κ3) is 3.85. The normalized spacial score (nSPS) is 18.6. The summed E-state index contributed by atoms with van der Waals surface area (Å²) in [5.41, 5.74) is 3.12. The van der Waals surface area contributed by atoms with Crippen molar-refractivity contribution in [3.05, 3.63) is 72.4 Å². The number of nitrogens with one attached hydrogen (secondary N) is 1. The van der Waals surface area contributed by atoms with Crippen molar-refractivity contribution in [2.75, 3.05) is 5.32 Å². The van der Waals surface area contributed by atoms with Crippen LogP contribution in [0, 0.1) is 0 Å². The van der Waals surface area contributed by atoms with E-state index in [-0.39, 0.29) is 26.9 Å². The number of hydrogen-bond acceptors (Lipinski definition) is 3. The predicted molar refractivity (Wildman–Crippen MR) is 116 cm³/mol. The molecule has 0 saturated heterocycles. The molecule has 5 heteroatoms. The Kier molecular flexibility index (Phi) is 5.17. The molecular formula is C24H24N3OSe+. The average Bonchev–Trinajstić information content (AvgIpc) is 3.38. The number of carbonyl (C=O) groups is 1. The Morgan fingerprint density at radius 2 is 1.69 bits per heavy atom. The van der Waals surface area contributed by atoms with Crippen molar-refractivity contribution in [3.63, 3.8) is 0 Å². The van der Waals surface area contributed by atoms with E-state index >= 15 is 0 Å². The maximum atomic E-state index is 13.3. The Labute approximate surface area is 177 Å². The minimum atomic E-state index is -0.233. The summed E-state index contributed by atoms with van der Waals surface area (Å²) in [6, 6.07) is 20.2. The van der Waals surface area contributed by atoms with Gasteiger partial charge in [0.2, 0.25) is 0 Å². The van der Waals surface area contributed by atoms with Crippen molar-refractivity contribution in [3.8, 4) is 11.3 Å². The molecule has 0 amide bonds. The molecule has 1 aliphatic heterocycles. The third-order valence-electron chi connectivity index (χ3n) is 5.70. The van der Waals surface area contributed by atoms with E-state index in [1.807, 2.05) is 47.2 Å². The van der Waals surface area contributed by atoms with Gasteiger partial charge in [-0.25, -0.2) is 0 Å². The average molecular weight is 449 g/mol. The van der Waals surface area contributed by atoms with E-state index in [0.717, 1.165) is 26.5 Å². The molecule has 29 heavy (non-hydrogen) atoms. The minimum absolute atomic E-state index is 0.118. The van der Waals surface area contributed by atoms with Crippen LogP contribution in [0.2, 0.25) is 4.82 Å². The van der Waals surface area contributed by atoms with Gasteiger partial charge in [0.1, 0.15) is 0 Å². The zero-order chi connectivity index (χ0) is 19.6.